The minimum Gasteiger partial charge on any atom is -0.387 e. The summed E-state index contributed by atoms with van der Waals surface area (Å²) in [7, 11) is 0. The summed E-state index contributed by atoms with van der Waals surface area (Å²) in [5, 5.41) is 10.6. The summed E-state index contributed by atoms with van der Waals surface area (Å²) in [6, 6.07) is 7.72. The minimum absolute atomic E-state index is 0.188. The molecule has 0 atom stereocenters. The number of pyridine rings is 1. The fourth-order valence-corrected chi connectivity index (χ4v) is 2.94. The van der Waals surface area contributed by atoms with Crippen LogP contribution in [-0.4, -0.2) is 33.5 Å². The van der Waals surface area contributed by atoms with Crippen molar-refractivity contribution >= 4 is 23.5 Å². The molecule has 0 spiro atoms. The molecule has 3 rings (SSSR count). The third-order valence-electron chi connectivity index (χ3n) is 4.30. The second-order valence-electron chi connectivity index (χ2n) is 6.44. The fourth-order valence-electron chi connectivity index (χ4n) is 2.94. The minimum atomic E-state index is -0.452. The molecule has 0 bridgehead atoms. The van der Waals surface area contributed by atoms with Gasteiger partial charge < -0.3 is 11.5 Å². The van der Waals surface area contributed by atoms with Crippen molar-refractivity contribution in [2.45, 2.75) is 26.3 Å². The number of nitrogens with two attached hydrogens (primary N) is 2. The first-order chi connectivity index (χ1) is 13.0. The van der Waals surface area contributed by atoms with Gasteiger partial charge in [-0.2, -0.15) is 0 Å². The molecule has 140 valence electrons. The van der Waals surface area contributed by atoms with Gasteiger partial charge in [-0.3, -0.25) is 15.0 Å². The predicted octanol–water partition coefficient (Wildman–Crippen LogP) is 2.61. The fraction of sp³-hybridized carbons (Fsp3) is 0.250. The number of benzene rings is 1. The summed E-state index contributed by atoms with van der Waals surface area (Å²) in [6.45, 7) is 2.57. The van der Waals surface area contributed by atoms with E-state index in [1.165, 1.54) is 0 Å². The topological polar surface area (TPSA) is 118 Å². The van der Waals surface area contributed by atoms with Gasteiger partial charge >= 0.3 is 0 Å². The zero-order valence-corrected chi connectivity index (χ0v) is 15.2. The van der Waals surface area contributed by atoms with Crippen molar-refractivity contribution in [3.63, 3.8) is 0 Å². The Kier molecular flexibility index (Phi) is 5.63. The van der Waals surface area contributed by atoms with Gasteiger partial charge in [-0.15, -0.1) is 0 Å². The molecular weight excluding hydrogens is 342 g/mol. The Morgan fingerprint density at radius 3 is 2.81 bits per heavy atom. The first-order valence-corrected chi connectivity index (χ1v) is 8.84. The summed E-state index contributed by atoms with van der Waals surface area (Å²) in [4.78, 5) is 21.1. The van der Waals surface area contributed by atoms with Crippen LogP contribution in [0.4, 0.5) is 5.69 Å². The third kappa shape index (κ3) is 4.21. The van der Waals surface area contributed by atoms with Crippen LogP contribution < -0.4 is 11.5 Å². The average molecular weight is 365 g/mol. The van der Waals surface area contributed by atoms with E-state index in [9.17, 15) is 10.0 Å². The van der Waals surface area contributed by atoms with Gasteiger partial charge in [0.2, 0.25) is 0 Å². The van der Waals surface area contributed by atoms with Gasteiger partial charge in [0.05, 0.1) is 5.69 Å². The predicted molar refractivity (Wildman–Crippen MR) is 105 cm³/mol. The van der Waals surface area contributed by atoms with Crippen molar-refractivity contribution in [2.24, 2.45) is 16.5 Å². The van der Waals surface area contributed by atoms with Crippen molar-refractivity contribution in [1.82, 2.24) is 10.0 Å². The molecular formula is C20H23N5O2. The van der Waals surface area contributed by atoms with Crippen molar-refractivity contribution in [3.8, 4) is 11.1 Å². The summed E-state index contributed by atoms with van der Waals surface area (Å²) in [5.74, 6) is -0.129. The highest BCUT2D eigenvalue weighted by Gasteiger charge is 2.20. The van der Waals surface area contributed by atoms with E-state index in [0.29, 0.717) is 30.1 Å². The summed E-state index contributed by atoms with van der Waals surface area (Å²) in [5.41, 5.74) is 16.4. The second kappa shape index (κ2) is 8.11. The van der Waals surface area contributed by atoms with E-state index in [2.05, 4.69) is 9.98 Å². The Bertz CT molecular complexity index is 920. The molecule has 5 N–H and O–H groups in total. The molecule has 0 saturated heterocycles. The lowest BCUT2D eigenvalue weighted by molar-refractivity contribution is -0.160. The van der Waals surface area contributed by atoms with Gasteiger partial charge in [-0.1, -0.05) is 19.1 Å². The molecule has 0 radical (unpaired) electrons. The van der Waals surface area contributed by atoms with Gasteiger partial charge in [0, 0.05) is 48.6 Å². The van der Waals surface area contributed by atoms with Crippen LogP contribution in [0.2, 0.25) is 0 Å². The van der Waals surface area contributed by atoms with Crippen LogP contribution in [0.3, 0.4) is 0 Å². The largest absolute Gasteiger partial charge is 0.387 e. The number of rotatable bonds is 5. The number of hydroxylamine groups is 2. The number of amidine groups is 1. The van der Waals surface area contributed by atoms with Crippen LogP contribution in [0.25, 0.3) is 17.2 Å². The lowest BCUT2D eigenvalue weighted by Crippen LogP contribution is -2.30. The van der Waals surface area contributed by atoms with Crippen LogP contribution in [0.15, 0.2) is 47.2 Å². The molecule has 1 aromatic carbocycles. The highest BCUT2D eigenvalue weighted by Crippen LogP contribution is 2.32. The number of carbonyl (C=O) groups excluding carboxylic acids is 1. The number of nitrogens with zero attached hydrogens (tertiary/aromatic N) is 3. The summed E-state index contributed by atoms with van der Waals surface area (Å²) in [6.07, 6.45) is 6.09. The molecule has 0 fully saturated rings. The van der Waals surface area contributed by atoms with Crippen LogP contribution >= 0.6 is 0 Å². The molecule has 0 unspecified atom stereocenters. The second-order valence-corrected chi connectivity index (χ2v) is 6.44. The van der Waals surface area contributed by atoms with Gasteiger partial charge in [0.15, 0.2) is 0 Å². The zero-order chi connectivity index (χ0) is 19.4. The molecule has 2 aromatic rings. The van der Waals surface area contributed by atoms with Crippen LogP contribution in [0.1, 0.15) is 30.9 Å². The zero-order valence-electron chi connectivity index (χ0n) is 15.2. The third-order valence-corrected chi connectivity index (χ3v) is 4.30. The Morgan fingerprint density at radius 2 is 2.07 bits per heavy atom. The summed E-state index contributed by atoms with van der Waals surface area (Å²) < 4.78 is 0. The average Bonchev–Trinajstić information content (AvgIpc) is 2.84. The van der Waals surface area contributed by atoms with Crippen molar-refractivity contribution in [3.05, 3.63) is 53.4 Å². The number of fused-ring (bicyclic) bond motifs is 1. The maximum Gasteiger partial charge on any atom is 0.273 e. The first kappa shape index (κ1) is 18.8. The Morgan fingerprint density at radius 1 is 1.26 bits per heavy atom. The van der Waals surface area contributed by atoms with Gasteiger partial charge in [-0.05, 0) is 35.8 Å². The van der Waals surface area contributed by atoms with E-state index < -0.39 is 5.91 Å². The molecule has 1 aliphatic rings. The van der Waals surface area contributed by atoms with Gasteiger partial charge in [-0.25, -0.2) is 10.1 Å². The number of hydrogen-bond donors (Lipinski definition) is 3. The van der Waals surface area contributed by atoms with E-state index >= 15 is 0 Å². The molecule has 7 nitrogen and oxygen atoms in total. The quantitative estimate of drug-likeness (QED) is 0.556. The van der Waals surface area contributed by atoms with E-state index in [1.807, 2.05) is 31.2 Å². The molecule has 27 heavy (non-hydrogen) atoms. The van der Waals surface area contributed by atoms with Crippen molar-refractivity contribution in [2.75, 3.05) is 6.54 Å². The van der Waals surface area contributed by atoms with E-state index in [1.54, 1.807) is 18.5 Å². The maximum absolute atomic E-state index is 12.4. The number of hydrogen-bond acceptors (Lipinski definition) is 6. The SMILES string of the molecule is CCCN(O)C(=O)C1=Cc2ccc(-c3cncc(CN)c3)cc2N=C(N)C1. The standard InChI is InChI=1S/C20H23N5O2/c1-2-5-25(27)20(26)16-7-15-4-3-14(8-18(15)24-19(22)9-16)17-6-13(10-21)11-23-12-17/h3-4,6-8,11-12,27H,2,5,9-10,21H2,1H3,(H2,22,24). The molecule has 1 amide bonds. The van der Waals surface area contributed by atoms with Gasteiger partial charge in [0.25, 0.3) is 5.91 Å². The first-order valence-electron chi connectivity index (χ1n) is 8.84. The van der Waals surface area contributed by atoms with Crippen molar-refractivity contribution in [1.29, 1.82) is 0 Å². The lowest BCUT2D eigenvalue weighted by Gasteiger charge is -2.15. The van der Waals surface area contributed by atoms with E-state index in [0.717, 1.165) is 27.3 Å². The lowest BCUT2D eigenvalue weighted by atomic mass is 10.0. The molecule has 1 aliphatic heterocycles. The Labute approximate surface area is 158 Å². The molecule has 0 aliphatic carbocycles. The van der Waals surface area contributed by atoms with Crippen LogP contribution in [0, 0.1) is 0 Å². The number of aromatic nitrogens is 1. The van der Waals surface area contributed by atoms with Crippen molar-refractivity contribution < 1.29 is 10.0 Å². The smallest absolute Gasteiger partial charge is 0.273 e. The van der Waals surface area contributed by atoms with Gasteiger partial charge in [0.1, 0.15) is 5.84 Å². The Balaban J connectivity index is 1.99. The maximum atomic E-state index is 12.4. The highest BCUT2D eigenvalue weighted by molar-refractivity contribution is 6.05. The monoisotopic (exact) mass is 365 g/mol. The molecule has 1 aromatic heterocycles. The number of aliphatic imine (C=N–C) groups is 1. The Hall–Kier alpha value is -3.03. The molecule has 0 saturated carbocycles. The highest BCUT2D eigenvalue weighted by atomic mass is 16.5. The molecule has 7 heteroatoms. The number of carbonyl (C=O) groups is 1. The summed E-state index contributed by atoms with van der Waals surface area (Å²) >= 11 is 0. The van der Waals surface area contributed by atoms with Crippen LogP contribution in [-0.2, 0) is 11.3 Å². The van der Waals surface area contributed by atoms with E-state index in [4.69, 9.17) is 11.5 Å². The normalized spacial score (nSPS) is 13.3. The van der Waals surface area contributed by atoms with Crippen LogP contribution in [0.5, 0.6) is 0 Å². The number of amides is 1. The molecule has 2 heterocycles. The van der Waals surface area contributed by atoms with E-state index in [-0.39, 0.29) is 13.0 Å².